The summed E-state index contributed by atoms with van der Waals surface area (Å²) in [6.07, 6.45) is 0. The summed E-state index contributed by atoms with van der Waals surface area (Å²) < 4.78 is 11.6. The molecule has 5 rings (SSSR count). The minimum absolute atomic E-state index is 0.00238. The van der Waals surface area contributed by atoms with E-state index in [9.17, 15) is 28.8 Å². The normalized spacial score (nSPS) is 13.0. The van der Waals surface area contributed by atoms with Gasteiger partial charge in [0.1, 0.15) is 22.9 Å². The van der Waals surface area contributed by atoms with Gasteiger partial charge < -0.3 is 30.7 Å². The predicted molar refractivity (Wildman–Crippen MR) is 274 cm³/mol. The number of rotatable bonds is 21. The number of nitrogens with one attached hydrogen (secondary N) is 4. The molecule has 5 aromatic rings. The van der Waals surface area contributed by atoms with Gasteiger partial charge in [-0.05, 0) is 102 Å². The Morgan fingerprint density at radius 3 is 1.40 bits per heavy atom. The Kier molecular flexibility index (Phi) is 19.8. The number of hydrogen-bond acceptors (Lipinski definition) is 12. The molecule has 21 heteroatoms. The van der Waals surface area contributed by atoms with Crippen molar-refractivity contribution in [1.82, 2.24) is 0 Å². The molecular weight excluding hydrogens is 1010 g/mol. The van der Waals surface area contributed by atoms with Gasteiger partial charge >= 0.3 is 0 Å². The number of anilines is 4. The van der Waals surface area contributed by atoms with Crippen molar-refractivity contribution in [1.29, 1.82) is 0 Å². The van der Waals surface area contributed by atoms with Crippen molar-refractivity contribution in [2.24, 2.45) is 20.5 Å². The van der Waals surface area contributed by atoms with Crippen molar-refractivity contribution in [3.63, 3.8) is 0 Å². The Labute approximate surface area is 428 Å². The first-order valence-electron chi connectivity index (χ1n) is 21.5. The summed E-state index contributed by atoms with van der Waals surface area (Å²) in [5.41, 5.74) is 2.82. The van der Waals surface area contributed by atoms with Crippen LogP contribution in [0.4, 0.5) is 34.1 Å². The third-order valence-electron chi connectivity index (χ3n) is 10.1. The van der Waals surface area contributed by atoms with Crippen molar-refractivity contribution in [3.05, 3.63) is 129 Å². The number of ketones is 2. The Morgan fingerprint density at radius 2 is 1.00 bits per heavy atom. The van der Waals surface area contributed by atoms with Gasteiger partial charge in [0.15, 0.2) is 11.6 Å². The van der Waals surface area contributed by atoms with Crippen molar-refractivity contribution in [2.45, 2.75) is 70.3 Å². The fraction of sp³-hybridized carbons (Fsp3) is 0.265. The molecule has 0 saturated heterocycles. The maximum Gasteiger partial charge on any atom is 0.258 e. The van der Waals surface area contributed by atoms with Crippen LogP contribution in [-0.4, -0.2) is 60.5 Å². The molecule has 0 heterocycles. The first kappa shape index (κ1) is 54.5. The van der Waals surface area contributed by atoms with Crippen LogP contribution in [0.1, 0.15) is 89.7 Å². The van der Waals surface area contributed by atoms with Crippen LogP contribution in [0, 0.1) is 0 Å². The van der Waals surface area contributed by atoms with Crippen LogP contribution in [0.15, 0.2) is 111 Å². The van der Waals surface area contributed by atoms with E-state index in [4.69, 9.17) is 67.5 Å². The van der Waals surface area contributed by atoms with E-state index in [2.05, 4.69) is 41.7 Å². The highest BCUT2D eigenvalue weighted by molar-refractivity contribution is 6.37. The lowest BCUT2D eigenvalue weighted by Crippen LogP contribution is -2.32. The number of nitrogens with zero attached hydrogens (tertiary/aromatic N) is 4. The Balaban J connectivity index is 1.28. The van der Waals surface area contributed by atoms with E-state index in [1.807, 2.05) is 0 Å². The molecule has 16 nitrogen and oxygen atoms in total. The quantitative estimate of drug-likeness (QED) is 0.0314. The number of azo groups is 2. The molecule has 0 aliphatic rings. The summed E-state index contributed by atoms with van der Waals surface area (Å²) >= 11 is 32.2. The SMILES string of the molecule is CCOc1c(NC(=O)c2cccc(N=NC(C(C)=O)C(=O)Nc3ccc(NC(=O)C(N=Nc4cccc(C(=O)Nc5cccc(C(C)Cl)c5OCC)c4Cl)C(C)=O)c(CCl)c3)c2Cl)cccc1C(C)Cl. The number of hydrogen-bond donors (Lipinski definition) is 4. The smallest absolute Gasteiger partial charge is 0.258 e. The Bertz CT molecular complexity index is 2860. The van der Waals surface area contributed by atoms with E-state index in [0.29, 0.717) is 52.8 Å². The predicted octanol–water partition coefficient (Wildman–Crippen LogP) is 13.0. The maximum atomic E-state index is 13.5. The second kappa shape index (κ2) is 25.4. The molecular formula is C49H47Cl5N8O8. The highest BCUT2D eigenvalue weighted by Crippen LogP contribution is 2.39. The molecule has 5 aromatic carbocycles. The second-order valence-corrected chi connectivity index (χ2v) is 17.5. The average molecular weight is 1050 g/mol. The van der Waals surface area contributed by atoms with E-state index in [0.717, 1.165) is 13.8 Å². The van der Waals surface area contributed by atoms with E-state index in [1.165, 1.54) is 54.6 Å². The second-order valence-electron chi connectivity index (χ2n) is 15.2. The lowest BCUT2D eigenvalue weighted by Gasteiger charge is -2.17. The monoisotopic (exact) mass is 1050 g/mol. The summed E-state index contributed by atoms with van der Waals surface area (Å²) in [5, 5.41) is 25.9. The van der Waals surface area contributed by atoms with Crippen LogP contribution < -0.4 is 30.7 Å². The number of carbonyl (C=O) groups excluding carboxylic acids is 6. The summed E-state index contributed by atoms with van der Waals surface area (Å²) in [6.45, 7) is 10.1. The van der Waals surface area contributed by atoms with Crippen LogP contribution in [0.3, 0.4) is 0 Å². The van der Waals surface area contributed by atoms with Gasteiger partial charge in [-0.3, -0.25) is 28.8 Å². The van der Waals surface area contributed by atoms with E-state index in [1.54, 1.807) is 64.1 Å². The molecule has 0 aliphatic heterocycles. The van der Waals surface area contributed by atoms with Crippen LogP contribution in [0.5, 0.6) is 11.5 Å². The fourth-order valence-electron chi connectivity index (χ4n) is 6.66. The van der Waals surface area contributed by atoms with Crippen LogP contribution >= 0.6 is 58.0 Å². The minimum Gasteiger partial charge on any atom is -0.491 e. The standard InChI is InChI=1S/C49H47Cl5N8O8/c1-7-69-44-31(25(3)51)13-9-19-38(44)57-46(65)33-15-11-17-36(40(33)53)59-61-42(27(5)63)48(67)55-30-21-22-35(29(23-30)24-50)56-49(68)43(28(6)64)62-60-37-18-12-16-34(41(37)54)47(66)58-39-20-10-14-32(26(4)52)45(39)70-8-2/h9-23,25-26,42-43H,7-8,24H2,1-6H3,(H,55,67)(H,56,68)(H,57,65)(H,58,66). The number of amides is 4. The molecule has 4 atom stereocenters. The van der Waals surface area contributed by atoms with Gasteiger partial charge in [-0.1, -0.05) is 59.6 Å². The number of para-hydroxylation sites is 2. The average Bonchev–Trinajstić information content (AvgIpc) is 3.31. The molecule has 366 valence electrons. The van der Waals surface area contributed by atoms with Gasteiger partial charge in [0, 0.05) is 28.4 Å². The maximum absolute atomic E-state index is 13.5. The summed E-state index contributed by atoms with van der Waals surface area (Å²) in [7, 11) is 0. The van der Waals surface area contributed by atoms with Crippen molar-refractivity contribution >= 4 is 127 Å². The van der Waals surface area contributed by atoms with Gasteiger partial charge in [0.2, 0.25) is 12.1 Å². The topological polar surface area (TPSA) is 218 Å². The number of alkyl halides is 3. The number of benzene rings is 5. The lowest BCUT2D eigenvalue weighted by molar-refractivity contribution is -0.127. The largest absolute Gasteiger partial charge is 0.491 e. The molecule has 70 heavy (non-hydrogen) atoms. The summed E-state index contributed by atoms with van der Waals surface area (Å²) in [6, 6.07) is 20.2. The molecule has 0 aromatic heterocycles. The van der Waals surface area contributed by atoms with Gasteiger partial charge in [-0.15, -0.1) is 34.8 Å². The number of carbonyl (C=O) groups is 6. The Morgan fingerprint density at radius 1 is 0.571 bits per heavy atom. The molecule has 4 N–H and O–H groups in total. The van der Waals surface area contributed by atoms with Crippen molar-refractivity contribution in [3.8, 4) is 11.5 Å². The molecule has 0 aliphatic carbocycles. The first-order chi connectivity index (χ1) is 33.4. The van der Waals surface area contributed by atoms with E-state index in [-0.39, 0.29) is 49.8 Å². The first-order valence-corrected chi connectivity index (χ1v) is 23.7. The highest BCUT2D eigenvalue weighted by atomic mass is 35.5. The summed E-state index contributed by atoms with van der Waals surface area (Å²) in [4.78, 5) is 79.2. The van der Waals surface area contributed by atoms with Crippen molar-refractivity contribution < 1.29 is 38.2 Å². The molecule has 0 radical (unpaired) electrons. The molecule has 0 bridgehead atoms. The molecule has 0 fully saturated rings. The van der Waals surface area contributed by atoms with Gasteiger partial charge in [-0.25, -0.2) is 0 Å². The van der Waals surface area contributed by atoms with E-state index < -0.39 is 58.0 Å². The van der Waals surface area contributed by atoms with Gasteiger partial charge in [0.25, 0.3) is 23.6 Å². The summed E-state index contributed by atoms with van der Waals surface area (Å²) in [5.74, 6) is -3.59. The molecule has 4 amide bonds. The zero-order chi connectivity index (χ0) is 51.2. The zero-order valence-corrected chi connectivity index (χ0v) is 42.3. The van der Waals surface area contributed by atoms with Crippen LogP contribution in [0.2, 0.25) is 10.0 Å². The minimum atomic E-state index is -1.65. The van der Waals surface area contributed by atoms with Gasteiger partial charge in [-0.2, -0.15) is 20.5 Å². The number of ether oxygens (including phenoxy) is 2. The van der Waals surface area contributed by atoms with Crippen LogP contribution in [-0.2, 0) is 25.1 Å². The highest BCUT2D eigenvalue weighted by Gasteiger charge is 2.27. The zero-order valence-electron chi connectivity index (χ0n) is 38.5. The van der Waals surface area contributed by atoms with Gasteiger partial charge in [0.05, 0.1) is 56.5 Å². The number of Topliss-reactive ketones (excluding diaryl/α,β-unsaturated/α-hetero) is 2. The number of halogens is 5. The molecule has 0 spiro atoms. The molecule has 0 saturated carbocycles. The molecule has 4 unspecified atom stereocenters. The van der Waals surface area contributed by atoms with Crippen molar-refractivity contribution in [2.75, 3.05) is 34.5 Å². The van der Waals surface area contributed by atoms with Crippen LogP contribution in [0.25, 0.3) is 0 Å². The fourth-order valence-corrected chi connectivity index (χ4v) is 7.72. The Hall–Kier alpha value is -6.43. The van der Waals surface area contributed by atoms with E-state index >= 15 is 0 Å². The lowest BCUT2D eigenvalue weighted by atomic mass is 10.1. The third-order valence-corrected chi connectivity index (χ3v) is 11.6. The third kappa shape index (κ3) is 13.7.